The maximum atomic E-state index is 12.7. The third kappa shape index (κ3) is 4.59. The van der Waals surface area contributed by atoms with Crippen LogP contribution in [-0.2, 0) is 11.3 Å². The van der Waals surface area contributed by atoms with Crippen molar-refractivity contribution in [3.8, 4) is 5.75 Å². The molecular formula is C19H24N2O4S. The molecule has 2 aromatic rings. The molecule has 0 spiro atoms. The molecule has 0 bridgehead atoms. The second-order valence-corrected chi connectivity index (χ2v) is 7.18. The highest BCUT2D eigenvalue weighted by Crippen LogP contribution is 2.27. The number of carbonyl (C=O) groups is 1. The Balaban J connectivity index is 1.59. The van der Waals surface area contributed by atoms with Crippen molar-refractivity contribution in [2.75, 3.05) is 33.1 Å². The number of carbonyl (C=O) groups excluding carboxylic acids is 1. The van der Waals surface area contributed by atoms with E-state index < -0.39 is 0 Å². The maximum absolute atomic E-state index is 12.7. The molecule has 0 aliphatic carbocycles. The molecule has 1 amide bonds. The minimum Gasteiger partial charge on any atom is -0.484 e. The third-order valence-electron chi connectivity index (χ3n) is 4.43. The van der Waals surface area contributed by atoms with Gasteiger partial charge in [-0.3, -0.25) is 4.79 Å². The van der Waals surface area contributed by atoms with Crippen molar-refractivity contribution in [1.82, 2.24) is 10.1 Å². The normalized spacial score (nSPS) is 17.3. The standard InChI is InChI=1S/C19H24N2O4S/c1-23-12-14-6-5-9-21(11-14)19(22)16-10-15(25-20-16)13-24-17-7-3-4-8-18(17)26-2/h3-4,7-8,10,14H,5-6,9,11-13H2,1-2H3/t14-/m1/s1. The molecule has 3 rings (SSSR count). The fourth-order valence-electron chi connectivity index (χ4n) is 3.15. The number of methoxy groups -OCH3 is 1. The van der Waals surface area contributed by atoms with Crippen LogP contribution in [0.4, 0.5) is 0 Å². The van der Waals surface area contributed by atoms with E-state index in [1.165, 1.54) is 0 Å². The van der Waals surface area contributed by atoms with Crippen molar-refractivity contribution in [3.63, 3.8) is 0 Å². The van der Waals surface area contributed by atoms with E-state index in [9.17, 15) is 4.79 Å². The van der Waals surface area contributed by atoms with E-state index in [1.54, 1.807) is 24.9 Å². The number of hydrogen-bond donors (Lipinski definition) is 0. The smallest absolute Gasteiger partial charge is 0.276 e. The van der Waals surface area contributed by atoms with Crippen LogP contribution < -0.4 is 4.74 Å². The lowest BCUT2D eigenvalue weighted by molar-refractivity contribution is 0.0561. The predicted octanol–water partition coefficient (Wildman–Crippen LogP) is 3.47. The lowest BCUT2D eigenvalue weighted by atomic mass is 9.99. The van der Waals surface area contributed by atoms with Gasteiger partial charge in [-0.15, -0.1) is 11.8 Å². The molecule has 1 saturated heterocycles. The van der Waals surface area contributed by atoms with Gasteiger partial charge < -0.3 is 18.9 Å². The van der Waals surface area contributed by atoms with Gasteiger partial charge >= 0.3 is 0 Å². The Hall–Kier alpha value is -1.99. The lowest BCUT2D eigenvalue weighted by Gasteiger charge is -2.31. The van der Waals surface area contributed by atoms with Crippen LogP contribution in [0.1, 0.15) is 29.1 Å². The highest BCUT2D eigenvalue weighted by atomic mass is 32.2. The zero-order valence-electron chi connectivity index (χ0n) is 15.1. The van der Waals surface area contributed by atoms with Gasteiger partial charge in [-0.1, -0.05) is 17.3 Å². The predicted molar refractivity (Wildman–Crippen MR) is 99.6 cm³/mol. The first-order valence-corrected chi connectivity index (χ1v) is 9.93. The van der Waals surface area contributed by atoms with E-state index in [0.29, 0.717) is 30.5 Å². The van der Waals surface area contributed by atoms with Crippen LogP contribution in [0.15, 0.2) is 39.8 Å². The molecule has 0 saturated carbocycles. The number of rotatable bonds is 7. The van der Waals surface area contributed by atoms with Crippen LogP contribution in [0.25, 0.3) is 0 Å². The van der Waals surface area contributed by atoms with Gasteiger partial charge in [-0.25, -0.2) is 0 Å². The number of likely N-dealkylation sites (tertiary alicyclic amines) is 1. The van der Waals surface area contributed by atoms with Gasteiger partial charge in [0.25, 0.3) is 5.91 Å². The second-order valence-electron chi connectivity index (χ2n) is 6.33. The number of nitrogens with zero attached hydrogens (tertiary/aromatic N) is 2. The molecule has 1 aliphatic heterocycles. The molecule has 1 atom stereocenters. The molecule has 7 heteroatoms. The Morgan fingerprint density at radius 3 is 3.08 bits per heavy atom. The number of benzene rings is 1. The van der Waals surface area contributed by atoms with Crippen molar-refractivity contribution in [2.45, 2.75) is 24.3 Å². The maximum Gasteiger partial charge on any atom is 0.276 e. The summed E-state index contributed by atoms with van der Waals surface area (Å²) in [7, 11) is 1.69. The number of para-hydroxylation sites is 1. The summed E-state index contributed by atoms with van der Waals surface area (Å²) in [5, 5.41) is 3.93. The van der Waals surface area contributed by atoms with E-state index in [4.69, 9.17) is 14.0 Å². The number of amides is 1. The average Bonchev–Trinajstić information content (AvgIpc) is 3.15. The fraction of sp³-hybridized carbons (Fsp3) is 0.474. The number of thioether (sulfide) groups is 1. The zero-order valence-corrected chi connectivity index (χ0v) is 16.0. The molecule has 140 valence electrons. The molecule has 1 aromatic heterocycles. The first-order chi connectivity index (χ1) is 12.7. The van der Waals surface area contributed by atoms with Crippen molar-refractivity contribution < 1.29 is 18.8 Å². The van der Waals surface area contributed by atoms with Gasteiger partial charge in [0, 0.05) is 31.2 Å². The first-order valence-electron chi connectivity index (χ1n) is 8.71. The van der Waals surface area contributed by atoms with E-state index in [1.807, 2.05) is 35.4 Å². The molecule has 1 fully saturated rings. The largest absolute Gasteiger partial charge is 0.484 e. The summed E-state index contributed by atoms with van der Waals surface area (Å²) >= 11 is 1.62. The summed E-state index contributed by atoms with van der Waals surface area (Å²) in [6.45, 7) is 2.37. The van der Waals surface area contributed by atoms with Crippen molar-refractivity contribution >= 4 is 17.7 Å². The number of aromatic nitrogens is 1. The van der Waals surface area contributed by atoms with Gasteiger partial charge in [0.05, 0.1) is 6.61 Å². The van der Waals surface area contributed by atoms with Crippen LogP contribution in [0, 0.1) is 5.92 Å². The van der Waals surface area contributed by atoms with Crippen molar-refractivity contribution in [2.24, 2.45) is 5.92 Å². The Kier molecular flexibility index (Phi) is 6.57. The molecule has 0 N–H and O–H groups in total. The van der Waals surface area contributed by atoms with Crippen LogP contribution in [-0.4, -0.2) is 49.0 Å². The zero-order chi connectivity index (χ0) is 18.4. The summed E-state index contributed by atoms with van der Waals surface area (Å²) < 4.78 is 16.3. The summed E-state index contributed by atoms with van der Waals surface area (Å²) in [5.41, 5.74) is 0.333. The van der Waals surface area contributed by atoms with Crippen LogP contribution in [0.2, 0.25) is 0 Å². The summed E-state index contributed by atoms with van der Waals surface area (Å²) in [5.74, 6) is 1.62. The Bertz CT molecular complexity index is 732. The van der Waals surface area contributed by atoms with Crippen LogP contribution in [0.3, 0.4) is 0 Å². The molecule has 1 aromatic carbocycles. The van der Waals surface area contributed by atoms with Gasteiger partial charge in [0.2, 0.25) is 0 Å². The molecular weight excluding hydrogens is 352 g/mol. The SMILES string of the molecule is COC[C@@H]1CCCN(C(=O)c2cc(COc3ccccc3SC)on2)C1. The highest BCUT2D eigenvalue weighted by Gasteiger charge is 2.26. The van der Waals surface area contributed by atoms with Crippen LogP contribution >= 0.6 is 11.8 Å². The van der Waals surface area contributed by atoms with Gasteiger partial charge in [0.1, 0.15) is 12.4 Å². The molecule has 6 nitrogen and oxygen atoms in total. The molecule has 2 heterocycles. The minimum absolute atomic E-state index is 0.0923. The van der Waals surface area contributed by atoms with Gasteiger partial charge in [-0.2, -0.15) is 0 Å². The molecule has 0 unspecified atom stereocenters. The van der Waals surface area contributed by atoms with Gasteiger partial charge in [0.15, 0.2) is 11.5 Å². The molecule has 26 heavy (non-hydrogen) atoms. The van der Waals surface area contributed by atoms with Crippen molar-refractivity contribution in [3.05, 3.63) is 41.8 Å². The average molecular weight is 376 g/mol. The number of piperidine rings is 1. The van der Waals surface area contributed by atoms with Crippen molar-refractivity contribution in [1.29, 1.82) is 0 Å². The quantitative estimate of drug-likeness (QED) is 0.690. The Labute approximate surface area is 157 Å². The van der Waals surface area contributed by atoms with E-state index in [-0.39, 0.29) is 12.5 Å². The fourth-order valence-corrected chi connectivity index (χ4v) is 3.69. The van der Waals surface area contributed by atoms with Crippen LogP contribution in [0.5, 0.6) is 5.75 Å². The minimum atomic E-state index is -0.0923. The number of ether oxygens (including phenoxy) is 2. The third-order valence-corrected chi connectivity index (χ3v) is 5.20. The van der Waals surface area contributed by atoms with E-state index >= 15 is 0 Å². The van der Waals surface area contributed by atoms with E-state index in [2.05, 4.69) is 5.16 Å². The van der Waals surface area contributed by atoms with E-state index in [0.717, 1.165) is 30.0 Å². The highest BCUT2D eigenvalue weighted by molar-refractivity contribution is 7.98. The summed E-state index contributed by atoms with van der Waals surface area (Å²) in [6.07, 6.45) is 4.08. The van der Waals surface area contributed by atoms with Gasteiger partial charge in [-0.05, 0) is 37.1 Å². The monoisotopic (exact) mass is 376 g/mol. The number of hydrogen-bond acceptors (Lipinski definition) is 6. The summed E-state index contributed by atoms with van der Waals surface area (Å²) in [4.78, 5) is 15.5. The summed E-state index contributed by atoms with van der Waals surface area (Å²) in [6, 6.07) is 9.49. The Morgan fingerprint density at radius 1 is 1.42 bits per heavy atom. The molecule has 0 radical (unpaired) electrons. The lowest BCUT2D eigenvalue weighted by Crippen LogP contribution is -2.41. The first kappa shape index (κ1) is 18.8. The Morgan fingerprint density at radius 2 is 2.27 bits per heavy atom. The second kappa shape index (κ2) is 9.09. The molecule has 1 aliphatic rings. The topological polar surface area (TPSA) is 64.8 Å².